The Morgan fingerprint density at radius 1 is 0.375 bits per heavy atom. The summed E-state index contributed by atoms with van der Waals surface area (Å²) in [6, 6.07) is 55.5. The molecular formula is C43H26N4S. The van der Waals surface area contributed by atoms with E-state index in [1.165, 1.54) is 47.2 Å². The molecule has 0 radical (unpaired) electrons. The lowest BCUT2D eigenvalue weighted by Crippen LogP contribution is -2.01. The molecule has 5 heteroatoms. The van der Waals surface area contributed by atoms with Gasteiger partial charge in [-0.15, -0.1) is 11.3 Å². The summed E-state index contributed by atoms with van der Waals surface area (Å²) in [4.78, 5) is 14.9. The van der Waals surface area contributed by atoms with Gasteiger partial charge in [-0.1, -0.05) is 121 Å². The first-order chi connectivity index (χ1) is 23.8. The summed E-state index contributed by atoms with van der Waals surface area (Å²) in [5, 5.41) is 7.73. The molecule has 224 valence electrons. The Bertz CT molecular complexity index is 2780. The predicted molar refractivity (Wildman–Crippen MR) is 201 cm³/mol. The van der Waals surface area contributed by atoms with Crippen molar-refractivity contribution in [3.05, 3.63) is 158 Å². The number of thiophene rings is 1. The van der Waals surface area contributed by atoms with E-state index in [-0.39, 0.29) is 0 Å². The Hall–Kier alpha value is -6.17. The van der Waals surface area contributed by atoms with E-state index in [2.05, 4.69) is 102 Å². The van der Waals surface area contributed by atoms with Gasteiger partial charge in [-0.05, 0) is 47.2 Å². The largest absolute Gasteiger partial charge is 0.309 e. The zero-order valence-electron chi connectivity index (χ0n) is 25.7. The number of para-hydroxylation sites is 1. The second kappa shape index (κ2) is 10.7. The lowest BCUT2D eigenvalue weighted by molar-refractivity contribution is 1.07. The van der Waals surface area contributed by atoms with E-state index < -0.39 is 0 Å². The average molecular weight is 631 g/mol. The van der Waals surface area contributed by atoms with Gasteiger partial charge in [-0.3, -0.25) is 0 Å². The molecule has 0 aliphatic heterocycles. The van der Waals surface area contributed by atoms with Crippen LogP contribution in [-0.2, 0) is 0 Å². The number of benzene rings is 7. The van der Waals surface area contributed by atoms with Gasteiger partial charge in [0.15, 0.2) is 17.5 Å². The van der Waals surface area contributed by atoms with Crippen molar-refractivity contribution >= 4 is 64.1 Å². The minimum atomic E-state index is 0.641. The fourth-order valence-corrected chi connectivity index (χ4v) is 8.22. The minimum Gasteiger partial charge on any atom is -0.309 e. The molecule has 0 unspecified atom stereocenters. The lowest BCUT2D eigenvalue weighted by atomic mass is 9.99. The third kappa shape index (κ3) is 4.18. The molecule has 0 saturated heterocycles. The predicted octanol–water partition coefficient (Wildman–Crippen LogP) is 11.5. The molecule has 0 atom stereocenters. The lowest BCUT2D eigenvalue weighted by Gasteiger charge is -2.12. The van der Waals surface area contributed by atoms with Gasteiger partial charge in [0.2, 0.25) is 0 Å². The summed E-state index contributed by atoms with van der Waals surface area (Å²) < 4.78 is 5.02. The van der Waals surface area contributed by atoms with Gasteiger partial charge in [0, 0.05) is 53.3 Å². The van der Waals surface area contributed by atoms with Crippen LogP contribution in [0.3, 0.4) is 0 Å². The summed E-state index contributed by atoms with van der Waals surface area (Å²) in [5.74, 6) is 1.95. The molecule has 0 saturated carbocycles. The van der Waals surface area contributed by atoms with E-state index in [9.17, 15) is 0 Å². The van der Waals surface area contributed by atoms with E-state index >= 15 is 0 Å². The molecule has 0 spiro atoms. The standard InChI is InChI=1S/C43H26N4S/c1-3-12-27(13-4-1)41-44-42(28-14-5-2-6-15-28)46-43(45-41)29-16-11-17-30(26-29)47-35-20-9-7-18-33(35)39-31-23-25-38-40(32(31)22-24-36(39)47)34-19-8-10-21-37(34)48-38/h1-26H. The number of rotatable bonds is 4. The third-order valence-electron chi connectivity index (χ3n) is 9.23. The van der Waals surface area contributed by atoms with Crippen LogP contribution in [0.15, 0.2) is 158 Å². The number of hydrogen-bond donors (Lipinski definition) is 0. The van der Waals surface area contributed by atoms with Crippen molar-refractivity contribution in [2.24, 2.45) is 0 Å². The maximum atomic E-state index is 5.01. The minimum absolute atomic E-state index is 0.641. The van der Waals surface area contributed by atoms with Crippen LogP contribution in [0.1, 0.15) is 0 Å². The zero-order valence-corrected chi connectivity index (χ0v) is 26.5. The van der Waals surface area contributed by atoms with Gasteiger partial charge in [0.1, 0.15) is 0 Å². The first-order valence-corrected chi connectivity index (χ1v) is 16.9. The molecule has 4 nitrogen and oxygen atoms in total. The van der Waals surface area contributed by atoms with E-state index in [0.29, 0.717) is 17.5 Å². The highest BCUT2D eigenvalue weighted by molar-refractivity contribution is 7.26. The van der Waals surface area contributed by atoms with Gasteiger partial charge >= 0.3 is 0 Å². The monoisotopic (exact) mass is 630 g/mol. The van der Waals surface area contributed by atoms with Crippen LogP contribution in [0.25, 0.3) is 92.6 Å². The van der Waals surface area contributed by atoms with E-state index in [1.54, 1.807) is 0 Å². The Labute approximate surface area is 280 Å². The highest BCUT2D eigenvalue weighted by Gasteiger charge is 2.18. The molecular weight excluding hydrogens is 605 g/mol. The number of fused-ring (bicyclic) bond motifs is 9. The molecule has 0 aliphatic carbocycles. The molecule has 0 aliphatic rings. The maximum Gasteiger partial charge on any atom is 0.164 e. The molecule has 0 N–H and O–H groups in total. The SMILES string of the molecule is c1ccc(-c2nc(-c3ccccc3)nc(-c3cccc(-n4c5ccccc5c5c6ccc7sc8ccccc8c7c6ccc54)c3)n2)cc1. The van der Waals surface area contributed by atoms with Gasteiger partial charge in [-0.25, -0.2) is 15.0 Å². The fourth-order valence-electron chi connectivity index (χ4n) is 7.10. The Kier molecular flexibility index (Phi) is 6.01. The number of aromatic nitrogens is 4. The summed E-state index contributed by atoms with van der Waals surface area (Å²) in [7, 11) is 0. The maximum absolute atomic E-state index is 5.01. The summed E-state index contributed by atoms with van der Waals surface area (Å²) in [5.41, 5.74) is 6.24. The zero-order chi connectivity index (χ0) is 31.6. The van der Waals surface area contributed by atoms with Crippen LogP contribution < -0.4 is 0 Å². The van der Waals surface area contributed by atoms with Crippen molar-refractivity contribution in [3.8, 4) is 39.9 Å². The van der Waals surface area contributed by atoms with Crippen molar-refractivity contribution in [2.75, 3.05) is 0 Å². The normalized spacial score (nSPS) is 11.8. The van der Waals surface area contributed by atoms with Gasteiger partial charge < -0.3 is 4.57 Å². The van der Waals surface area contributed by atoms with Crippen molar-refractivity contribution in [1.29, 1.82) is 0 Å². The topological polar surface area (TPSA) is 43.6 Å². The smallest absolute Gasteiger partial charge is 0.164 e. The van der Waals surface area contributed by atoms with E-state index in [1.807, 2.05) is 72.0 Å². The summed E-state index contributed by atoms with van der Waals surface area (Å²) in [6.07, 6.45) is 0. The van der Waals surface area contributed by atoms with E-state index in [0.717, 1.165) is 27.9 Å². The Morgan fingerprint density at radius 3 is 1.71 bits per heavy atom. The second-order valence-electron chi connectivity index (χ2n) is 12.0. The van der Waals surface area contributed by atoms with E-state index in [4.69, 9.17) is 15.0 Å². The van der Waals surface area contributed by atoms with Crippen LogP contribution in [0.4, 0.5) is 0 Å². The Morgan fingerprint density at radius 2 is 0.958 bits per heavy atom. The van der Waals surface area contributed by atoms with Crippen LogP contribution in [0, 0.1) is 0 Å². The first-order valence-electron chi connectivity index (χ1n) is 16.0. The average Bonchev–Trinajstić information content (AvgIpc) is 3.72. The van der Waals surface area contributed by atoms with Crippen molar-refractivity contribution in [2.45, 2.75) is 0 Å². The molecule has 3 heterocycles. The fraction of sp³-hybridized carbons (Fsp3) is 0. The van der Waals surface area contributed by atoms with Crippen molar-refractivity contribution < 1.29 is 0 Å². The van der Waals surface area contributed by atoms with Gasteiger partial charge in [-0.2, -0.15) is 0 Å². The second-order valence-corrected chi connectivity index (χ2v) is 13.1. The number of hydrogen-bond acceptors (Lipinski definition) is 4. The van der Waals surface area contributed by atoms with Crippen LogP contribution in [0.5, 0.6) is 0 Å². The molecule has 0 bridgehead atoms. The number of nitrogens with zero attached hydrogens (tertiary/aromatic N) is 4. The van der Waals surface area contributed by atoms with Crippen LogP contribution in [-0.4, -0.2) is 19.5 Å². The molecule has 3 aromatic heterocycles. The van der Waals surface area contributed by atoms with Crippen molar-refractivity contribution in [1.82, 2.24) is 19.5 Å². The first kappa shape index (κ1) is 27.0. The molecule has 10 aromatic rings. The molecule has 48 heavy (non-hydrogen) atoms. The van der Waals surface area contributed by atoms with Gasteiger partial charge in [0.25, 0.3) is 0 Å². The third-order valence-corrected chi connectivity index (χ3v) is 10.4. The molecule has 0 amide bonds. The quantitative estimate of drug-likeness (QED) is 0.194. The van der Waals surface area contributed by atoms with Crippen LogP contribution in [0.2, 0.25) is 0 Å². The van der Waals surface area contributed by atoms with Crippen molar-refractivity contribution in [3.63, 3.8) is 0 Å². The van der Waals surface area contributed by atoms with Crippen LogP contribution >= 0.6 is 11.3 Å². The molecule has 0 fully saturated rings. The Balaban J connectivity index is 1.20. The summed E-state index contributed by atoms with van der Waals surface area (Å²) in [6.45, 7) is 0. The molecule has 7 aromatic carbocycles. The summed E-state index contributed by atoms with van der Waals surface area (Å²) >= 11 is 1.86. The van der Waals surface area contributed by atoms with Gasteiger partial charge in [0.05, 0.1) is 11.0 Å². The molecule has 10 rings (SSSR count). The highest BCUT2D eigenvalue weighted by Crippen LogP contribution is 2.43. The highest BCUT2D eigenvalue weighted by atomic mass is 32.1.